The van der Waals surface area contributed by atoms with Crippen molar-refractivity contribution in [3.8, 4) is 6.07 Å². The second kappa shape index (κ2) is 8.59. The molecule has 9 nitrogen and oxygen atoms in total. The molecule has 0 unspecified atom stereocenters. The summed E-state index contributed by atoms with van der Waals surface area (Å²) in [6, 6.07) is 9.84. The molecule has 0 aliphatic carbocycles. The van der Waals surface area contributed by atoms with Crippen molar-refractivity contribution >= 4 is 40.3 Å². The zero-order valence-electron chi connectivity index (χ0n) is 16.8. The lowest BCUT2D eigenvalue weighted by Crippen LogP contribution is -2.49. The number of anilines is 2. The fourth-order valence-corrected chi connectivity index (χ4v) is 4.14. The molecule has 1 saturated heterocycles. The molecule has 0 saturated carbocycles. The third kappa shape index (κ3) is 4.02. The number of hydrogen-bond acceptors (Lipinski definition) is 9. The second-order valence-corrected chi connectivity index (χ2v) is 7.72. The minimum absolute atomic E-state index is 0.0386. The van der Waals surface area contributed by atoms with E-state index in [4.69, 9.17) is 4.42 Å². The Bertz CT molecular complexity index is 1120. The van der Waals surface area contributed by atoms with E-state index in [-0.39, 0.29) is 17.4 Å². The normalized spacial score (nSPS) is 14.0. The second-order valence-electron chi connectivity index (χ2n) is 6.78. The van der Waals surface area contributed by atoms with Gasteiger partial charge in [0.15, 0.2) is 11.0 Å². The van der Waals surface area contributed by atoms with Crippen LogP contribution in [0.15, 0.2) is 33.8 Å². The van der Waals surface area contributed by atoms with Crippen molar-refractivity contribution < 1.29 is 9.21 Å². The van der Waals surface area contributed by atoms with E-state index in [1.54, 1.807) is 6.92 Å². The molecule has 0 radical (unpaired) electrons. The minimum atomic E-state index is 0.0386. The van der Waals surface area contributed by atoms with Crippen molar-refractivity contribution in [1.29, 1.82) is 5.26 Å². The van der Waals surface area contributed by atoms with Crippen LogP contribution in [0.4, 0.5) is 11.7 Å². The Morgan fingerprint density at radius 2 is 2.00 bits per heavy atom. The van der Waals surface area contributed by atoms with Crippen LogP contribution in [0.2, 0.25) is 0 Å². The van der Waals surface area contributed by atoms with Crippen molar-refractivity contribution in [2.75, 3.05) is 49.2 Å². The molecule has 10 heteroatoms. The molecule has 0 spiro atoms. The molecule has 0 atom stereocenters. The van der Waals surface area contributed by atoms with Crippen LogP contribution < -0.4 is 10.2 Å². The van der Waals surface area contributed by atoms with E-state index in [0.29, 0.717) is 43.1 Å². The van der Waals surface area contributed by atoms with Crippen LogP contribution in [0.3, 0.4) is 0 Å². The van der Waals surface area contributed by atoms with E-state index in [2.05, 4.69) is 26.3 Å². The smallest absolute Gasteiger partial charge is 0.234 e. The number of aromatic nitrogens is 3. The number of benzene rings is 1. The summed E-state index contributed by atoms with van der Waals surface area (Å²) in [6.07, 6.45) is 0. The van der Waals surface area contributed by atoms with Crippen LogP contribution in [0, 0.1) is 18.3 Å². The Morgan fingerprint density at radius 1 is 1.23 bits per heavy atom. The predicted molar refractivity (Wildman–Crippen MR) is 115 cm³/mol. The third-order valence-electron chi connectivity index (χ3n) is 4.89. The number of thioether (sulfide) groups is 1. The Hall–Kier alpha value is -3.32. The van der Waals surface area contributed by atoms with Crippen molar-refractivity contribution in [1.82, 2.24) is 19.9 Å². The molecule has 30 heavy (non-hydrogen) atoms. The van der Waals surface area contributed by atoms with Crippen molar-refractivity contribution in [3.05, 3.63) is 35.9 Å². The summed E-state index contributed by atoms with van der Waals surface area (Å²) in [6.45, 7) is 4.02. The molecular formula is C20H21N7O2S. The standard InChI is InChI=1S/C20H21N7O2S/c1-13-23-16(11-21)19(29-13)27-9-7-26(8-10-27)17(28)12-30-20-24-15-6-4-3-5-14(15)18(22-2)25-20/h3-6H,7-10,12H2,1-2H3,(H,22,24,25). The Balaban J connectivity index is 1.36. The first-order valence-electron chi connectivity index (χ1n) is 9.56. The molecule has 2 aromatic heterocycles. The van der Waals surface area contributed by atoms with Gasteiger partial charge in [0.05, 0.1) is 11.3 Å². The highest BCUT2D eigenvalue weighted by atomic mass is 32.2. The molecule has 1 aliphatic heterocycles. The molecule has 1 amide bonds. The number of hydrogen-bond donors (Lipinski definition) is 1. The van der Waals surface area contributed by atoms with E-state index in [9.17, 15) is 10.1 Å². The number of aryl methyl sites for hydroxylation is 1. The number of rotatable bonds is 5. The van der Waals surface area contributed by atoms with E-state index >= 15 is 0 Å². The van der Waals surface area contributed by atoms with Gasteiger partial charge in [0, 0.05) is 45.5 Å². The Labute approximate surface area is 178 Å². The highest BCUT2D eigenvalue weighted by Crippen LogP contribution is 2.25. The summed E-state index contributed by atoms with van der Waals surface area (Å²) in [7, 11) is 1.82. The van der Waals surface area contributed by atoms with Gasteiger partial charge in [0.2, 0.25) is 17.5 Å². The molecule has 4 rings (SSSR count). The number of nitrogens with one attached hydrogen (secondary N) is 1. The van der Waals surface area contributed by atoms with Crippen LogP contribution in [-0.2, 0) is 4.79 Å². The van der Waals surface area contributed by atoms with Gasteiger partial charge < -0.3 is 19.5 Å². The van der Waals surface area contributed by atoms with Crippen LogP contribution >= 0.6 is 11.8 Å². The first kappa shape index (κ1) is 20.0. The van der Waals surface area contributed by atoms with Crippen molar-refractivity contribution in [3.63, 3.8) is 0 Å². The third-order valence-corrected chi connectivity index (χ3v) is 5.72. The van der Waals surface area contributed by atoms with Crippen LogP contribution in [0.25, 0.3) is 10.9 Å². The fourth-order valence-electron chi connectivity index (χ4n) is 3.39. The van der Waals surface area contributed by atoms with Crippen LogP contribution in [0.5, 0.6) is 0 Å². The van der Waals surface area contributed by atoms with Gasteiger partial charge in [0.1, 0.15) is 11.9 Å². The Morgan fingerprint density at radius 3 is 2.73 bits per heavy atom. The Kier molecular flexibility index (Phi) is 5.72. The van der Waals surface area contributed by atoms with Gasteiger partial charge in [-0.1, -0.05) is 23.9 Å². The van der Waals surface area contributed by atoms with E-state index in [1.165, 1.54) is 11.8 Å². The maximum Gasteiger partial charge on any atom is 0.234 e. The molecule has 3 aromatic rings. The molecule has 3 heterocycles. The minimum Gasteiger partial charge on any atom is -0.424 e. The highest BCUT2D eigenvalue weighted by molar-refractivity contribution is 7.99. The zero-order valence-corrected chi connectivity index (χ0v) is 17.6. The van der Waals surface area contributed by atoms with Gasteiger partial charge in [-0.2, -0.15) is 5.26 Å². The van der Waals surface area contributed by atoms with Crippen LogP contribution in [-0.4, -0.2) is 64.7 Å². The molecule has 1 aromatic carbocycles. The SMILES string of the molecule is CNc1nc(SCC(=O)N2CCN(c3oc(C)nc3C#N)CC2)nc2ccccc12. The molecule has 1 aliphatic rings. The summed E-state index contributed by atoms with van der Waals surface area (Å²) < 4.78 is 5.57. The largest absolute Gasteiger partial charge is 0.424 e. The van der Waals surface area contributed by atoms with Crippen molar-refractivity contribution in [2.45, 2.75) is 12.1 Å². The van der Waals surface area contributed by atoms with Gasteiger partial charge in [0.25, 0.3) is 0 Å². The maximum absolute atomic E-state index is 12.7. The highest BCUT2D eigenvalue weighted by Gasteiger charge is 2.26. The molecular weight excluding hydrogens is 402 g/mol. The molecule has 1 N–H and O–H groups in total. The summed E-state index contributed by atoms with van der Waals surface area (Å²) in [5.41, 5.74) is 1.13. The van der Waals surface area contributed by atoms with E-state index in [1.807, 2.05) is 41.1 Å². The van der Waals surface area contributed by atoms with Gasteiger partial charge in [-0.15, -0.1) is 0 Å². The number of amides is 1. The number of fused-ring (bicyclic) bond motifs is 1. The molecule has 0 bridgehead atoms. The number of carbonyl (C=O) groups excluding carboxylic acids is 1. The first-order chi connectivity index (χ1) is 14.6. The lowest BCUT2D eigenvalue weighted by atomic mass is 10.2. The number of piperazine rings is 1. The van der Waals surface area contributed by atoms with Gasteiger partial charge >= 0.3 is 0 Å². The first-order valence-corrected chi connectivity index (χ1v) is 10.5. The topological polar surface area (TPSA) is 111 Å². The number of para-hydroxylation sites is 1. The van der Waals surface area contributed by atoms with Gasteiger partial charge in [-0.05, 0) is 12.1 Å². The monoisotopic (exact) mass is 423 g/mol. The number of nitriles is 1. The predicted octanol–water partition coefficient (Wildman–Crippen LogP) is 2.28. The van der Waals surface area contributed by atoms with E-state index in [0.717, 1.165) is 16.7 Å². The lowest BCUT2D eigenvalue weighted by Gasteiger charge is -2.34. The number of oxazole rings is 1. The summed E-state index contributed by atoms with van der Waals surface area (Å²) >= 11 is 1.33. The lowest BCUT2D eigenvalue weighted by molar-refractivity contribution is -0.128. The quantitative estimate of drug-likeness (QED) is 0.488. The molecule has 154 valence electrons. The van der Waals surface area contributed by atoms with Gasteiger partial charge in [-0.3, -0.25) is 4.79 Å². The van der Waals surface area contributed by atoms with Crippen molar-refractivity contribution in [2.24, 2.45) is 0 Å². The molecule has 1 fully saturated rings. The average molecular weight is 424 g/mol. The summed E-state index contributed by atoms with van der Waals surface area (Å²) in [5.74, 6) is 2.01. The average Bonchev–Trinajstić information content (AvgIpc) is 3.17. The maximum atomic E-state index is 12.7. The zero-order chi connectivity index (χ0) is 21.1. The van der Waals surface area contributed by atoms with Crippen LogP contribution in [0.1, 0.15) is 11.6 Å². The van der Waals surface area contributed by atoms with Gasteiger partial charge in [-0.25, -0.2) is 15.0 Å². The number of carbonyl (C=O) groups is 1. The number of nitrogens with zero attached hydrogens (tertiary/aromatic N) is 6. The van der Waals surface area contributed by atoms with E-state index < -0.39 is 0 Å². The summed E-state index contributed by atoms with van der Waals surface area (Å²) in [5, 5.41) is 13.8. The fraction of sp³-hybridized carbons (Fsp3) is 0.350. The summed E-state index contributed by atoms with van der Waals surface area (Å²) in [4.78, 5) is 29.6.